The van der Waals surface area contributed by atoms with E-state index in [1.807, 2.05) is 0 Å². The van der Waals surface area contributed by atoms with Crippen LogP contribution in [0.1, 0.15) is 5.56 Å². The number of carbonyl (C=O) groups is 1. The zero-order valence-corrected chi connectivity index (χ0v) is 18.3. The molecule has 1 N–H and O–H groups in total. The van der Waals surface area contributed by atoms with Crippen LogP contribution in [0.3, 0.4) is 0 Å². The van der Waals surface area contributed by atoms with Gasteiger partial charge in [-0.05, 0) is 42.0 Å². The maximum atomic E-state index is 11.3. The Morgan fingerprint density at radius 3 is 1.54 bits per heavy atom. The Labute approximate surface area is 190 Å². The molecule has 3 aromatic rings. The first-order valence-electron chi connectivity index (χ1n) is 7.69. The second-order valence-electron chi connectivity index (χ2n) is 5.75. The molecule has 0 saturated heterocycles. The molecular formula is C19H9Cl6NO2. The molecule has 0 amide bonds. The van der Waals surface area contributed by atoms with Crippen LogP contribution in [-0.2, 0) is 11.2 Å². The first-order chi connectivity index (χ1) is 13.2. The number of rotatable bonds is 4. The average Bonchev–Trinajstić information content (AvgIpc) is 2.61. The first kappa shape index (κ1) is 21.5. The minimum absolute atomic E-state index is 0.198. The molecule has 3 nitrogen and oxygen atoms in total. The van der Waals surface area contributed by atoms with Crippen LogP contribution in [0.4, 0.5) is 0 Å². The van der Waals surface area contributed by atoms with Crippen molar-refractivity contribution in [3.8, 4) is 22.5 Å². The zero-order valence-electron chi connectivity index (χ0n) is 13.7. The van der Waals surface area contributed by atoms with E-state index in [0.717, 1.165) is 0 Å². The van der Waals surface area contributed by atoms with Gasteiger partial charge in [0.05, 0.1) is 47.9 Å². The number of carboxylic acids is 1. The van der Waals surface area contributed by atoms with E-state index >= 15 is 0 Å². The highest BCUT2D eigenvalue weighted by molar-refractivity contribution is 6.47. The number of hydrogen-bond donors (Lipinski definition) is 1. The van der Waals surface area contributed by atoms with Crippen molar-refractivity contribution in [2.24, 2.45) is 0 Å². The molecule has 9 heteroatoms. The highest BCUT2D eigenvalue weighted by atomic mass is 35.5. The van der Waals surface area contributed by atoms with Gasteiger partial charge in [0.15, 0.2) is 0 Å². The minimum Gasteiger partial charge on any atom is -0.481 e. The molecule has 2 aromatic carbocycles. The predicted molar refractivity (Wildman–Crippen MR) is 117 cm³/mol. The molecule has 144 valence electrons. The summed E-state index contributed by atoms with van der Waals surface area (Å²) in [6, 6.07) is 9.43. The van der Waals surface area contributed by atoms with E-state index in [1.54, 1.807) is 36.4 Å². The zero-order chi connectivity index (χ0) is 20.6. The molecule has 0 saturated carbocycles. The molecule has 0 fully saturated rings. The Bertz CT molecular complexity index is 1020. The third-order valence-corrected chi connectivity index (χ3v) is 6.08. The van der Waals surface area contributed by atoms with Gasteiger partial charge < -0.3 is 5.11 Å². The molecule has 1 heterocycles. The lowest BCUT2D eigenvalue weighted by molar-refractivity contribution is -0.136. The number of pyridine rings is 1. The van der Waals surface area contributed by atoms with E-state index in [9.17, 15) is 9.90 Å². The Hall–Kier alpha value is -1.20. The number of aromatic nitrogens is 1. The summed E-state index contributed by atoms with van der Waals surface area (Å²) in [6.45, 7) is 0. The summed E-state index contributed by atoms with van der Waals surface area (Å²) in [5.74, 6) is -1.02. The number of aliphatic carboxylic acids is 1. The summed E-state index contributed by atoms with van der Waals surface area (Å²) >= 11 is 37.5. The van der Waals surface area contributed by atoms with Crippen molar-refractivity contribution in [3.63, 3.8) is 0 Å². The van der Waals surface area contributed by atoms with Crippen molar-refractivity contribution >= 4 is 75.6 Å². The standard InChI is InChI=1S/C19H9Cl6NO2/c20-9-1-3-11(22)18(24)16(9)13-5-8(7-15(27)28)6-14(26-13)17-10(21)2-4-12(23)19(17)25/h1-6H,7H2,(H,27,28). The Morgan fingerprint density at radius 2 is 1.14 bits per heavy atom. The second-order valence-corrected chi connectivity index (χ2v) is 8.14. The smallest absolute Gasteiger partial charge is 0.307 e. The first-order valence-corrected chi connectivity index (χ1v) is 9.96. The summed E-state index contributed by atoms with van der Waals surface area (Å²) in [5, 5.41) is 10.8. The van der Waals surface area contributed by atoms with Crippen LogP contribution in [0, 0.1) is 0 Å². The number of nitrogens with zero attached hydrogens (tertiary/aromatic N) is 1. The minimum atomic E-state index is -1.02. The van der Waals surface area contributed by atoms with Crippen molar-refractivity contribution in [2.75, 3.05) is 0 Å². The molecule has 0 bridgehead atoms. The van der Waals surface area contributed by atoms with Crippen LogP contribution in [0.2, 0.25) is 30.1 Å². The van der Waals surface area contributed by atoms with Crippen LogP contribution < -0.4 is 0 Å². The number of benzene rings is 2. The third-order valence-electron chi connectivity index (χ3n) is 3.84. The fourth-order valence-corrected chi connectivity index (χ4v) is 4.09. The van der Waals surface area contributed by atoms with Gasteiger partial charge in [0, 0.05) is 11.1 Å². The van der Waals surface area contributed by atoms with Gasteiger partial charge in [0.2, 0.25) is 0 Å². The third kappa shape index (κ3) is 4.35. The van der Waals surface area contributed by atoms with E-state index in [1.165, 1.54) is 0 Å². The maximum Gasteiger partial charge on any atom is 0.307 e. The highest BCUT2D eigenvalue weighted by Crippen LogP contribution is 2.42. The summed E-state index contributed by atoms with van der Waals surface area (Å²) in [6.07, 6.45) is -0.256. The fourth-order valence-electron chi connectivity index (χ4n) is 2.64. The lowest BCUT2D eigenvalue weighted by Crippen LogP contribution is -2.02. The van der Waals surface area contributed by atoms with Crippen molar-refractivity contribution in [1.82, 2.24) is 4.98 Å². The summed E-state index contributed by atoms with van der Waals surface area (Å²) in [5.41, 5.74) is 1.86. The average molecular weight is 496 g/mol. The fraction of sp³-hybridized carbons (Fsp3) is 0.0526. The van der Waals surface area contributed by atoms with Crippen molar-refractivity contribution in [2.45, 2.75) is 6.42 Å². The summed E-state index contributed by atoms with van der Waals surface area (Å²) in [7, 11) is 0. The molecule has 0 unspecified atom stereocenters. The molecule has 1 aromatic heterocycles. The van der Waals surface area contributed by atoms with Gasteiger partial charge >= 0.3 is 5.97 Å². The Balaban J connectivity index is 2.33. The molecule has 3 rings (SSSR count). The van der Waals surface area contributed by atoms with Crippen LogP contribution in [0.15, 0.2) is 36.4 Å². The van der Waals surface area contributed by atoms with Gasteiger partial charge in [0.25, 0.3) is 0 Å². The highest BCUT2D eigenvalue weighted by Gasteiger charge is 2.19. The molecule has 0 radical (unpaired) electrons. The molecule has 0 aliphatic rings. The Morgan fingerprint density at radius 1 is 0.750 bits per heavy atom. The van der Waals surface area contributed by atoms with Gasteiger partial charge in [0.1, 0.15) is 0 Å². The molecule has 28 heavy (non-hydrogen) atoms. The van der Waals surface area contributed by atoms with Gasteiger partial charge in [-0.1, -0.05) is 69.6 Å². The van der Waals surface area contributed by atoms with Crippen LogP contribution in [-0.4, -0.2) is 16.1 Å². The molecular weight excluding hydrogens is 487 g/mol. The van der Waals surface area contributed by atoms with Gasteiger partial charge in [-0.25, -0.2) is 4.98 Å². The SMILES string of the molecule is O=C(O)Cc1cc(-c2c(Cl)ccc(Cl)c2Cl)nc(-c2c(Cl)ccc(Cl)c2Cl)c1. The van der Waals surface area contributed by atoms with Crippen LogP contribution in [0.5, 0.6) is 0 Å². The van der Waals surface area contributed by atoms with Crippen molar-refractivity contribution in [1.29, 1.82) is 0 Å². The van der Waals surface area contributed by atoms with Crippen molar-refractivity contribution in [3.05, 3.63) is 72.1 Å². The topological polar surface area (TPSA) is 50.2 Å². The lowest BCUT2D eigenvalue weighted by atomic mass is 10.0. The van der Waals surface area contributed by atoms with Gasteiger partial charge in [-0.15, -0.1) is 0 Å². The Kier molecular flexibility index (Phi) is 6.65. The summed E-state index contributed by atoms with van der Waals surface area (Å²) < 4.78 is 0. The van der Waals surface area contributed by atoms with Gasteiger partial charge in [-0.3, -0.25) is 4.79 Å². The molecule has 0 aliphatic heterocycles. The molecule has 0 spiro atoms. The monoisotopic (exact) mass is 493 g/mol. The molecule has 0 atom stereocenters. The number of carboxylic acid groups (broad SMARTS) is 1. The lowest BCUT2D eigenvalue weighted by Gasteiger charge is -2.14. The number of halogens is 6. The van der Waals surface area contributed by atoms with E-state index in [0.29, 0.717) is 38.1 Å². The number of hydrogen-bond acceptors (Lipinski definition) is 2. The van der Waals surface area contributed by atoms with Crippen LogP contribution in [0.25, 0.3) is 22.5 Å². The van der Waals surface area contributed by atoms with E-state index < -0.39 is 5.97 Å². The second kappa shape index (κ2) is 8.66. The quantitative estimate of drug-likeness (QED) is 0.373. The van der Waals surface area contributed by atoms with E-state index in [4.69, 9.17) is 69.6 Å². The van der Waals surface area contributed by atoms with Gasteiger partial charge in [-0.2, -0.15) is 0 Å². The normalized spacial score (nSPS) is 10.9. The predicted octanol–water partition coefficient (Wildman–Crippen LogP) is 7.96. The molecule has 0 aliphatic carbocycles. The largest absolute Gasteiger partial charge is 0.481 e. The maximum absolute atomic E-state index is 11.3. The summed E-state index contributed by atoms with van der Waals surface area (Å²) in [4.78, 5) is 15.8. The van der Waals surface area contributed by atoms with Crippen molar-refractivity contribution < 1.29 is 9.90 Å². The van der Waals surface area contributed by atoms with Crippen LogP contribution >= 0.6 is 69.6 Å². The van der Waals surface area contributed by atoms with E-state index in [2.05, 4.69) is 4.98 Å². The van der Waals surface area contributed by atoms with E-state index in [-0.39, 0.29) is 26.5 Å².